The van der Waals surface area contributed by atoms with Gasteiger partial charge in [-0.2, -0.15) is 0 Å². The summed E-state index contributed by atoms with van der Waals surface area (Å²) < 4.78 is 21.2. The van der Waals surface area contributed by atoms with Crippen molar-refractivity contribution in [1.82, 2.24) is 0 Å². The highest BCUT2D eigenvalue weighted by Gasteiger charge is 2.36. The van der Waals surface area contributed by atoms with E-state index in [0.717, 1.165) is 0 Å². The second-order valence-electron chi connectivity index (χ2n) is 5.68. The van der Waals surface area contributed by atoms with Gasteiger partial charge in [0.25, 0.3) is 0 Å². The van der Waals surface area contributed by atoms with E-state index in [1.54, 1.807) is 6.21 Å². The minimum atomic E-state index is -1.69. The Kier molecular flexibility index (Phi) is 6.25. The van der Waals surface area contributed by atoms with Gasteiger partial charge < -0.3 is 8.98 Å². The number of hydrogen-bond acceptors (Lipinski definition) is 3. The van der Waals surface area contributed by atoms with Gasteiger partial charge in [0.15, 0.2) is 8.32 Å². The first-order valence-corrected chi connectivity index (χ1v) is 9.73. The van der Waals surface area contributed by atoms with Gasteiger partial charge >= 0.3 is 0 Å². The first-order valence-electron chi connectivity index (χ1n) is 5.65. The molecule has 0 saturated heterocycles. The maximum Gasteiger partial charge on any atom is 0.192 e. The van der Waals surface area contributed by atoms with E-state index in [2.05, 4.69) is 38.3 Å². The first-order chi connectivity index (χ1) is 7.08. The van der Waals surface area contributed by atoms with Crippen molar-refractivity contribution in [2.24, 2.45) is 4.40 Å². The summed E-state index contributed by atoms with van der Waals surface area (Å²) in [5.41, 5.74) is 0. The van der Waals surface area contributed by atoms with Crippen LogP contribution in [0.2, 0.25) is 18.1 Å². The van der Waals surface area contributed by atoms with Gasteiger partial charge in [-0.3, -0.25) is 0 Å². The first kappa shape index (κ1) is 16.2. The van der Waals surface area contributed by atoms with Crippen LogP contribution in [0.3, 0.4) is 0 Å². The summed E-state index contributed by atoms with van der Waals surface area (Å²) in [5, 5.41) is 0.280. The Bertz CT molecular complexity index is 237. The lowest BCUT2D eigenvalue weighted by molar-refractivity contribution is 0.343. The molecule has 0 bridgehead atoms. The summed E-state index contributed by atoms with van der Waals surface area (Å²) in [4.78, 5) is 0. The Labute approximate surface area is 104 Å². The lowest BCUT2D eigenvalue weighted by atomic mass is 10.2. The van der Waals surface area contributed by atoms with Gasteiger partial charge in [0.2, 0.25) is 0 Å². The second kappa shape index (κ2) is 6.19. The normalized spacial score (nSPS) is 16.1. The van der Waals surface area contributed by atoms with Crippen molar-refractivity contribution in [2.75, 3.05) is 6.61 Å². The monoisotopic (exact) mass is 263 g/mol. The summed E-state index contributed by atoms with van der Waals surface area (Å²) in [6, 6.07) is 0. The minimum Gasteiger partial charge on any atom is -0.591 e. The van der Waals surface area contributed by atoms with Crippen LogP contribution in [0.4, 0.5) is 0 Å². The quantitative estimate of drug-likeness (QED) is 0.434. The largest absolute Gasteiger partial charge is 0.591 e. The Morgan fingerprint density at radius 1 is 1.38 bits per heavy atom. The van der Waals surface area contributed by atoms with E-state index in [-0.39, 0.29) is 10.3 Å². The van der Waals surface area contributed by atoms with Gasteiger partial charge in [-0.1, -0.05) is 25.2 Å². The predicted molar refractivity (Wildman–Crippen MR) is 74.9 cm³/mol. The van der Waals surface area contributed by atoms with Gasteiger partial charge in [-0.15, -0.1) is 0 Å². The lowest BCUT2D eigenvalue weighted by Gasteiger charge is -2.35. The van der Waals surface area contributed by atoms with Crippen LogP contribution >= 0.6 is 0 Å². The van der Waals surface area contributed by atoms with E-state index < -0.39 is 19.7 Å². The highest BCUT2D eigenvalue weighted by atomic mass is 32.2. The molecule has 1 atom stereocenters. The lowest BCUT2D eigenvalue weighted by Crippen LogP contribution is -2.41. The van der Waals surface area contributed by atoms with Crippen LogP contribution in [0.1, 0.15) is 34.6 Å². The SMILES string of the molecule is CC(C)[S@@+]([O-])N=CCO[Si](C)(C)C(C)(C)C. The van der Waals surface area contributed by atoms with Crippen LogP contribution in [0.15, 0.2) is 4.40 Å². The van der Waals surface area contributed by atoms with Gasteiger partial charge in [0.05, 0.1) is 24.2 Å². The molecule has 0 aliphatic carbocycles. The van der Waals surface area contributed by atoms with Crippen molar-refractivity contribution >= 4 is 25.9 Å². The van der Waals surface area contributed by atoms with Crippen molar-refractivity contribution in [3.8, 4) is 0 Å². The summed E-state index contributed by atoms with van der Waals surface area (Å²) >= 11 is -1.12. The summed E-state index contributed by atoms with van der Waals surface area (Å²) in [6.45, 7) is 15.2. The van der Waals surface area contributed by atoms with E-state index in [4.69, 9.17) is 4.43 Å². The molecule has 0 aromatic heterocycles. The van der Waals surface area contributed by atoms with Gasteiger partial charge in [-0.05, 0) is 32.0 Å². The van der Waals surface area contributed by atoms with E-state index in [0.29, 0.717) is 6.61 Å². The molecule has 0 radical (unpaired) electrons. The molecule has 3 nitrogen and oxygen atoms in total. The van der Waals surface area contributed by atoms with Crippen LogP contribution in [0.5, 0.6) is 0 Å². The molecule has 0 N–H and O–H groups in total. The van der Waals surface area contributed by atoms with Crippen molar-refractivity contribution < 1.29 is 8.98 Å². The predicted octanol–water partition coefficient (Wildman–Crippen LogP) is 3.15. The van der Waals surface area contributed by atoms with Crippen molar-refractivity contribution in [1.29, 1.82) is 0 Å². The Hall–Kier alpha value is 0.157. The molecular formula is C11H25NO2SSi. The van der Waals surface area contributed by atoms with Gasteiger partial charge in [0.1, 0.15) is 5.25 Å². The second-order valence-corrected chi connectivity index (χ2v) is 12.2. The third kappa shape index (κ3) is 5.47. The molecule has 0 rings (SSSR count). The van der Waals surface area contributed by atoms with Crippen molar-refractivity contribution in [3.05, 3.63) is 0 Å². The van der Waals surface area contributed by atoms with Gasteiger partial charge in [-0.25, -0.2) is 0 Å². The fourth-order valence-electron chi connectivity index (χ4n) is 0.688. The van der Waals surface area contributed by atoms with E-state index in [1.807, 2.05) is 13.8 Å². The molecule has 96 valence electrons. The molecule has 16 heavy (non-hydrogen) atoms. The average molecular weight is 263 g/mol. The fourth-order valence-corrected chi connectivity index (χ4v) is 2.06. The zero-order chi connectivity index (χ0) is 13.0. The highest BCUT2D eigenvalue weighted by molar-refractivity contribution is 7.90. The fraction of sp³-hybridized carbons (Fsp3) is 0.909. The molecule has 0 fully saturated rings. The van der Waals surface area contributed by atoms with E-state index in [1.165, 1.54) is 0 Å². The maximum absolute atomic E-state index is 11.3. The maximum atomic E-state index is 11.3. The van der Waals surface area contributed by atoms with E-state index in [9.17, 15) is 4.55 Å². The number of nitrogens with zero attached hydrogens (tertiary/aromatic N) is 1. The smallest absolute Gasteiger partial charge is 0.192 e. The average Bonchev–Trinajstić information content (AvgIpc) is 2.09. The van der Waals surface area contributed by atoms with E-state index >= 15 is 0 Å². The topological polar surface area (TPSA) is 44.7 Å². The minimum absolute atomic E-state index is 0.0733. The highest BCUT2D eigenvalue weighted by Crippen LogP contribution is 2.36. The van der Waals surface area contributed by atoms with Crippen LogP contribution < -0.4 is 0 Å². The standard InChI is InChI=1S/C11H25NO2SSi/c1-10(2)15(13)12-8-9-14-16(6,7)11(3,4)5/h8,10H,9H2,1-7H3/t15-/m1/s1. The molecule has 5 heteroatoms. The third-order valence-corrected chi connectivity index (χ3v) is 8.57. The van der Waals surface area contributed by atoms with Crippen LogP contribution in [-0.4, -0.2) is 30.9 Å². The summed E-state index contributed by atoms with van der Waals surface area (Å²) in [7, 11) is -1.69. The van der Waals surface area contributed by atoms with Gasteiger partial charge in [0, 0.05) is 0 Å². The molecule has 0 saturated carbocycles. The summed E-state index contributed by atoms with van der Waals surface area (Å²) in [5.74, 6) is 0. The molecule has 0 unspecified atom stereocenters. The Balaban J connectivity index is 4.09. The molecule has 0 amide bonds. The molecule has 0 aliphatic rings. The molecule has 0 heterocycles. The molecule has 0 aliphatic heterocycles. The third-order valence-electron chi connectivity index (χ3n) is 2.91. The molecule has 0 aromatic carbocycles. The zero-order valence-electron chi connectivity index (χ0n) is 11.5. The van der Waals surface area contributed by atoms with Crippen LogP contribution in [0.25, 0.3) is 0 Å². The van der Waals surface area contributed by atoms with Crippen LogP contribution in [-0.2, 0) is 15.8 Å². The summed E-state index contributed by atoms with van der Waals surface area (Å²) in [6.07, 6.45) is 1.64. The molecule has 0 spiro atoms. The van der Waals surface area contributed by atoms with Crippen LogP contribution in [0, 0.1) is 0 Å². The Morgan fingerprint density at radius 2 is 1.88 bits per heavy atom. The number of hydrogen-bond donors (Lipinski definition) is 0. The molecule has 0 aromatic rings. The molecular weight excluding hydrogens is 238 g/mol. The zero-order valence-corrected chi connectivity index (χ0v) is 13.4. The Morgan fingerprint density at radius 3 is 2.25 bits per heavy atom. The van der Waals surface area contributed by atoms with Crippen molar-refractivity contribution in [2.45, 2.75) is 58.0 Å². The number of rotatable bonds is 5. The van der Waals surface area contributed by atoms with Crippen molar-refractivity contribution in [3.63, 3.8) is 0 Å².